The predicted octanol–water partition coefficient (Wildman–Crippen LogP) is 5.55. The summed E-state index contributed by atoms with van der Waals surface area (Å²) in [6.07, 6.45) is 4.44. The van der Waals surface area contributed by atoms with E-state index in [1.807, 2.05) is 43.5 Å². The average Bonchev–Trinajstić information content (AvgIpc) is 3.13. The largest absolute Gasteiger partial charge is 0.493 e. The molecule has 2 aromatic carbocycles. The number of benzene rings is 2. The fourth-order valence-corrected chi connectivity index (χ4v) is 3.42. The Hall–Kier alpha value is -3.45. The number of nitrogens with one attached hydrogen (secondary N) is 1. The molecule has 0 spiro atoms. The SMILES string of the molecule is Cc1c(COc2cc(F)ccc2F)oc2cccc(OCCCNCc3cccnc3)c12. The summed E-state index contributed by atoms with van der Waals surface area (Å²) in [4.78, 5) is 4.10. The quantitative estimate of drug-likeness (QED) is 0.329. The van der Waals surface area contributed by atoms with E-state index in [2.05, 4.69) is 10.3 Å². The van der Waals surface area contributed by atoms with Gasteiger partial charge in [-0.1, -0.05) is 12.1 Å². The second-order valence-corrected chi connectivity index (χ2v) is 7.38. The third-order valence-electron chi connectivity index (χ3n) is 5.07. The van der Waals surface area contributed by atoms with Crippen LogP contribution in [0.3, 0.4) is 0 Å². The Labute approximate surface area is 185 Å². The minimum absolute atomic E-state index is 0.0153. The number of hydrogen-bond acceptors (Lipinski definition) is 5. The molecule has 0 atom stereocenters. The van der Waals surface area contributed by atoms with Gasteiger partial charge in [0, 0.05) is 30.6 Å². The molecule has 0 aliphatic rings. The maximum atomic E-state index is 13.8. The molecule has 1 N–H and O–H groups in total. The first kappa shape index (κ1) is 21.8. The van der Waals surface area contributed by atoms with Crippen molar-refractivity contribution in [2.45, 2.75) is 26.5 Å². The predicted molar refractivity (Wildman–Crippen MR) is 118 cm³/mol. The lowest BCUT2D eigenvalue weighted by molar-refractivity contribution is 0.260. The second kappa shape index (κ2) is 10.2. The van der Waals surface area contributed by atoms with Crippen LogP contribution < -0.4 is 14.8 Å². The molecule has 2 heterocycles. The highest BCUT2D eigenvalue weighted by molar-refractivity contribution is 5.88. The van der Waals surface area contributed by atoms with Crippen molar-refractivity contribution in [1.29, 1.82) is 0 Å². The summed E-state index contributed by atoms with van der Waals surface area (Å²) in [5.41, 5.74) is 2.65. The van der Waals surface area contributed by atoms with E-state index in [4.69, 9.17) is 13.9 Å². The van der Waals surface area contributed by atoms with Gasteiger partial charge in [0.15, 0.2) is 11.6 Å². The molecule has 7 heteroatoms. The van der Waals surface area contributed by atoms with E-state index in [1.165, 1.54) is 0 Å². The first-order valence-electron chi connectivity index (χ1n) is 10.4. The van der Waals surface area contributed by atoms with Crippen molar-refractivity contribution >= 4 is 11.0 Å². The Balaban J connectivity index is 1.34. The van der Waals surface area contributed by atoms with Crippen LogP contribution in [0, 0.1) is 18.6 Å². The molecule has 5 nitrogen and oxygen atoms in total. The van der Waals surface area contributed by atoms with Crippen molar-refractivity contribution < 1.29 is 22.7 Å². The van der Waals surface area contributed by atoms with Crippen LogP contribution in [0.5, 0.6) is 11.5 Å². The van der Waals surface area contributed by atoms with E-state index in [-0.39, 0.29) is 12.4 Å². The Morgan fingerprint density at radius 2 is 1.94 bits per heavy atom. The van der Waals surface area contributed by atoms with Crippen molar-refractivity contribution in [3.8, 4) is 11.5 Å². The number of furan rings is 1. The Kier molecular flexibility index (Phi) is 6.97. The maximum absolute atomic E-state index is 13.8. The summed E-state index contributed by atoms with van der Waals surface area (Å²) < 4.78 is 44.5. The van der Waals surface area contributed by atoms with Gasteiger partial charge in [-0.15, -0.1) is 0 Å². The van der Waals surface area contributed by atoms with Gasteiger partial charge in [0.1, 0.15) is 29.5 Å². The van der Waals surface area contributed by atoms with Crippen LogP contribution in [-0.2, 0) is 13.2 Å². The lowest BCUT2D eigenvalue weighted by atomic mass is 10.1. The minimum Gasteiger partial charge on any atom is -0.493 e. The Bertz CT molecular complexity index is 1180. The summed E-state index contributed by atoms with van der Waals surface area (Å²) in [5.74, 6) is -0.0770. The molecular formula is C25H24F2N2O3. The van der Waals surface area contributed by atoms with Crippen molar-refractivity contribution in [2.24, 2.45) is 0 Å². The van der Waals surface area contributed by atoms with E-state index in [0.717, 1.165) is 60.0 Å². The standard InChI is InChI=1S/C25H24F2N2O3/c1-17-24(16-31-23-13-19(26)8-9-20(23)27)32-22-7-2-6-21(25(17)22)30-12-4-11-29-15-18-5-3-10-28-14-18/h2-3,5-10,13-14,29H,4,11-12,15-16H2,1H3. The second-order valence-electron chi connectivity index (χ2n) is 7.38. The summed E-state index contributed by atoms with van der Waals surface area (Å²) in [6, 6.07) is 12.6. The van der Waals surface area contributed by atoms with Gasteiger partial charge in [-0.3, -0.25) is 4.98 Å². The molecule has 4 aromatic rings. The van der Waals surface area contributed by atoms with Crippen LogP contribution in [0.15, 0.2) is 65.3 Å². The average molecular weight is 438 g/mol. The van der Waals surface area contributed by atoms with Gasteiger partial charge >= 0.3 is 0 Å². The molecule has 0 radical (unpaired) electrons. The third kappa shape index (κ3) is 5.23. The molecule has 166 valence electrons. The zero-order chi connectivity index (χ0) is 22.3. The van der Waals surface area contributed by atoms with Gasteiger partial charge in [-0.2, -0.15) is 0 Å². The van der Waals surface area contributed by atoms with Crippen molar-refractivity contribution in [2.75, 3.05) is 13.2 Å². The summed E-state index contributed by atoms with van der Waals surface area (Å²) in [7, 11) is 0. The number of fused-ring (bicyclic) bond motifs is 1. The molecule has 4 rings (SSSR count). The Morgan fingerprint density at radius 3 is 2.78 bits per heavy atom. The van der Waals surface area contributed by atoms with Crippen LogP contribution in [-0.4, -0.2) is 18.1 Å². The lowest BCUT2D eigenvalue weighted by Crippen LogP contribution is -2.17. The van der Waals surface area contributed by atoms with E-state index in [1.54, 1.807) is 6.20 Å². The van der Waals surface area contributed by atoms with E-state index < -0.39 is 11.6 Å². The van der Waals surface area contributed by atoms with Gasteiger partial charge in [0.25, 0.3) is 0 Å². The number of aromatic nitrogens is 1. The van der Waals surface area contributed by atoms with Crippen LogP contribution in [0.1, 0.15) is 23.3 Å². The van der Waals surface area contributed by atoms with E-state index in [0.29, 0.717) is 18.0 Å². The minimum atomic E-state index is -0.624. The van der Waals surface area contributed by atoms with Gasteiger partial charge in [0.05, 0.1) is 12.0 Å². The highest BCUT2D eigenvalue weighted by atomic mass is 19.1. The molecule has 0 aliphatic carbocycles. The number of hydrogen-bond donors (Lipinski definition) is 1. The van der Waals surface area contributed by atoms with Crippen LogP contribution in [0.4, 0.5) is 8.78 Å². The highest BCUT2D eigenvalue weighted by Gasteiger charge is 2.16. The van der Waals surface area contributed by atoms with E-state index >= 15 is 0 Å². The third-order valence-corrected chi connectivity index (χ3v) is 5.07. The number of aryl methyl sites for hydroxylation is 1. The first-order chi connectivity index (χ1) is 15.6. The molecule has 0 amide bonds. The number of rotatable bonds is 10. The van der Waals surface area contributed by atoms with Crippen LogP contribution >= 0.6 is 0 Å². The molecular weight excluding hydrogens is 414 g/mol. The maximum Gasteiger partial charge on any atom is 0.165 e. The molecule has 32 heavy (non-hydrogen) atoms. The fourth-order valence-electron chi connectivity index (χ4n) is 3.42. The highest BCUT2D eigenvalue weighted by Crippen LogP contribution is 2.34. The number of pyridine rings is 1. The number of nitrogens with zero attached hydrogens (tertiary/aromatic N) is 1. The normalized spacial score (nSPS) is 11.1. The summed E-state index contributed by atoms with van der Waals surface area (Å²) >= 11 is 0. The van der Waals surface area contributed by atoms with Gasteiger partial charge in [-0.25, -0.2) is 8.78 Å². The lowest BCUT2D eigenvalue weighted by Gasteiger charge is -2.09. The van der Waals surface area contributed by atoms with Crippen LogP contribution in [0.25, 0.3) is 11.0 Å². The fraction of sp³-hybridized carbons (Fsp3) is 0.240. The van der Waals surface area contributed by atoms with E-state index in [9.17, 15) is 8.78 Å². The topological polar surface area (TPSA) is 56.5 Å². The van der Waals surface area contributed by atoms with Crippen molar-refractivity contribution in [3.05, 3.63) is 89.4 Å². The molecule has 2 aromatic heterocycles. The first-order valence-corrected chi connectivity index (χ1v) is 10.4. The Morgan fingerprint density at radius 1 is 1.03 bits per heavy atom. The molecule has 0 saturated heterocycles. The van der Waals surface area contributed by atoms with Crippen molar-refractivity contribution in [1.82, 2.24) is 10.3 Å². The number of ether oxygens (including phenoxy) is 2. The van der Waals surface area contributed by atoms with Gasteiger partial charge < -0.3 is 19.2 Å². The summed E-state index contributed by atoms with van der Waals surface area (Å²) in [6.45, 7) is 4.00. The molecule has 0 bridgehead atoms. The smallest absolute Gasteiger partial charge is 0.165 e. The number of halogens is 2. The molecule has 0 fully saturated rings. The zero-order valence-electron chi connectivity index (χ0n) is 17.7. The zero-order valence-corrected chi connectivity index (χ0v) is 17.7. The summed E-state index contributed by atoms with van der Waals surface area (Å²) in [5, 5.41) is 4.22. The monoisotopic (exact) mass is 438 g/mol. The molecule has 0 unspecified atom stereocenters. The van der Waals surface area contributed by atoms with Gasteiger partial charge in [0.2, 0.25) is 0 Å². The molecule has 0 saturated carbocycles. The van der Waals surface area contributed by atoms with Crippen LogP contribution in [0.2, 0.25) is 0 Å². The molecule has 0 aliphatic heterocycles. The van der Waals surface area contributed by atoms with Gasteiger partial charge in [-0.05, 0) is 55.8 Å². The van der Waals surface area contributed by atoms with Crippen molar-refractivity contribution in [3.63, 3.8) is 0 Å².